The fourth-order valence-electron chi connectivity index (χ4n) is 3.67. The molecule has 2 aromatic carbocycles. The summed E-state index contributed by atoms with van der Waals surface area (Å²) < 4.78 is 3.35. The van der Waals surface area contributed by atoms with Crippen molar-refractivity contribution in [2.24, 2.45) is 0 Å². The normalized spacial score (nSPS) is 11.2. The lowest BCUT2D eigenvalue weighted by Crippen LogP contribution is -2.26. The molecule has 0 fully saturated rings. The molecular formula is C25H27N5O2S2. The Morgan fingerprint density at radius 2 is 1.88 bits per heavy atom. The highest BCUT2D eigenvalue weighted by Gasteiger charge is 2.19. The molecule has 2 heterocycles. The van der Waals surface area contributed by atoms with E-state index in [0.29, 0.717) is 35.0 Å². The summed E-state index contributed by atoms with van der Waals surface area (Å²) in [6, 6.07) is 15.8. The molecule has 0 saturated carbocycles. The first kappa shape index (κ1) is 24.1. The minimum absolute atomic E-state index is 0.135. The maximum absolute atomic E-state index is 13.6. The zero-order chi connectivity index (χ0) is 24.2. The Balaban J connectivity index is 1.65. The van der Waals surface area contributed by atoms with Gasteiger partial charge in [-0.05, 0) is 50.8 Å². The number of thioether (sulfide) groups is 2. The summed E-state index contributed by atoms with van der Waals surface area (Å²) in [4.78, 5) is 32.1. The average Bonchev–Trinajstić information content (AvgIpc) is 3.16. The van der Waals surface area contributed by atoms with Gasteiger partial charge in [-0.25, -0.2) is 4.98 Å². The zero-order valence-corrected chi connectivity index (χ0v) is 21.3. The van der Waals surface area contributed by atoms with E-state index in [4.69, 9.17) is 4.98 Å². The van der Waals surface area contributed by atoms with Crippen LogP contribution in [-0.2, 0) is 17.9 Å². The Labute approximate surface area is 207 Å². The molecule has 1 N–H and O–H groups in total. The third-order valence-electron chi connectivity index (χ3n) is 5.43. The number of hydrogen-bond donors (Lipinski definition) is 1. The van der Waals surface area contributed by atoms with Crippen LogP contribution in [0.5, 0.6) is 0 Å². The van der Waals surface area contributed by atoms with Gasteiger partial charge in [-0.2, -0.15) is 5.10 Å². The molecule has 9 heteroatoms. The second kappa shape index (κ2) is 10.5. The number of amides is 1. The van der Waals surface area contributed by atoms with Gasteiger partial charge < -0.3 is 5.32 Å². The van der Waals surface area contributed by atoms with Gasteiger partial charge in [0.15, 0.2) is 10.7 Å². The number of rotatable bonds is 8. The predicted octanol–water partition coefficient (Wildman–Crippen LogP) is 4.73. The van der Waals surface area contributed by atoms with Gasteiger partial charge in [0.05, 0.1) is 18.0 Å². The number of aromatic nitrogens is 4. The first-order chi connectivity index (χ1) is 16.4. The van der Waals surface area contributed by atoms with Crippen molar-refractivity contribution >= 4 is 46.2 Å². The van der Waals surface area contributed by atoms with E-state index in [1.165, 1.54) is 11.8 Å². The molecular weight excluding hydrogens is 466 g/mol. The van der Waals surface area contributed by atoms with Gasteiger partial charge in [0.2, 0.25) is 5.91 Å². The molecule has 1 amide bonds. The molecule has 0 aliphatic carbocycles. The van der Waals surface area contributed by atoms with Gasteiger partial charge in [-0.1, -0.05) is 47.7 Å². The van der Waals surface area contributed by atoms with Gasteiger partial charge in [0.1, 0.15) is 5.52 Å². The molecule has 0 saturated heterocycles. The number of hydrogen-bond acceptors (Lipinski definition) is 6. The van der Waals surface area contributed by atoms with Crippen molar-refractivity contribution in [1.82, 2.24) is 19.3 Å². The van der Waals surface area contributed by atoms with Crippen LogP contribution in [0.3, 0.4) is 0 Å². The molecule has 4 rings (SSSR count). The smallest absolute Gasteiger partial charge is 0.280 e. The van der Waals surface area contributed by atoms with E-state index in [-0.39, 0.29) is 17.2 Å². The number of carbonyl (C=O) groups excluding carboxylic acids is 1. The van der Waals surface area contributed by atoms with Crippen LogP contribution in [0, 0.1) is 13.8 Å². The number of nitrogens with zero attached hydrogens (tertiary/aromatic N) is 4. The van der Waals surface area contributed by atoms with Gasteiger partial charge >= 0.3 is 0 Å². The van der Waals surface area contributed by atoms with Crippen molar-refractivity contribution in [3.63, 3.8) is 0 Å². The fraction of sp³-hybridized carbons (Fsp3) is 0.280. The minimum Gasteiger partial charge on any atom is -0.325 e. The zero-order valence-electron chi connectivity index (χ0n) is 19.7. The first-order valence-electron chi connectivity index (χ1n) is 11.0. The van der Waals surface area contributed by atoms with E-state index in [1.807, 2.05) is 75.6 Å². The standard InChI is InChI=1S/C25H27N5O2S2/c1-5-30-23-22(17(3)28-30)27-25(29(24(23)32)14-18-11-9-16(2)10-12-18)34-15-21(31)26-19-7-6-8-20(13-19)33-4/h6-13H,5,14-15H2,1-4H3,(H,26,31). The molecule has 0 bridgehead atoms. The van der Waals surface area contributed by atoms with Crippen LogP contribution in [0.4, 0.5) is 5.69 Å². The number of nitrogens with one attached hydrogen (secondary N) is 1. The quantitative estimate of drug-likeness (QED) is 0.282. The summed E-state index contributed by atoms with van der Waals surface area (Å²) in [7, 11) is 0. The molecule has 4 aromatic rings. The van der Waals surface area contributed by atoms with Crippen LogP contribution in [0.15, 0.2) is 63.4 Å². The highest BCUT2D eigenvalue weighted by atomic mass is 32.2. The van der Waals surface area contributed by atoms with Crippen molar-refractivity contribution in [2.75, 3.05) is 17.3 Å². The van der Waals surface area contributed by atoms with Crippen molar-refractivity contribution in [3.05, 3.63) is 75.7 Å². The van der Waals surface area contributed by atoms with E-state index in [2.05, 4.69) is 10.4 Å². The Kier molecular flexibility index (Phi) is 7.43. The number of fused-ring (bicyclic) bond motifs is 1. The first-order valence-corrected chi connectivity index (χ1v) is 13.2. The van der Waals surface area contributed by atoms with E-state index in [9.17, 15) is 9.59 Å². The summed E-state index contributed by atoms with van der Waals surface area (Å²) in [5, 5.41) is 7.93. The Bertz CT molecular complexity index is 1390. The number of aryl methyl sites for hydroxylation is 3. The van der Waals surface area contributed by atoms with Gasteiger partial charge in [-0.15, -0.1) is 11.8 Å². The molecule has 0 aliphatic rings. The highest BCUT2D eigenvalue weighted by molar-refractivity contribution is 7.99. The topological polar surface area (TPSA) is 81.8 Å². The van der Waals surface area contributed by atoms with Crippen LogP contribution >= 0.6 is 23.5 Å². The second-order valence-corrected chi connectivity index (χ2v) is 9.76. The molecule has 0 aliphatic heterocycles. The highest BCUT2D eigenvalue weighted by Crippen LogP contribution is 2.23. The summed E-state index contributed by atoms with van der Waals surface area (Å²) >= 11 is 2.88. The Hall–Kier alpha value is -3.04. The largest absolute Gasteiger partial charge is 0.325 e. The van der Waals surface area contributed by atoms with Crippen molar-refractivity contribution in [3.8, 4) is 0 Å². The molecule has 7 nitrogen and oxygen atoms in total. The van der Waals surface area contributed by atoms with E-state index >= 15 is 0 Å². The van der Waals surface area contributed by atoms with E-state index in [1.54, 1.807) is 21.0 Å². The predicted molar refractivity (Wildman–Crippen MR) is 140 cm³/mol. The molecule has 34 heavy (non-hydrogen) atoms. The maximum atomic E-state index is 13.6. The minimum atomic E-state index is -0.152. The van der Waals surface area contributed by atoms with Crippen molar-refractivity contribution in [2.45, 2.75) is 43.9 Å². The van der Waals surface area contributed by atoms with Crippen LogP contribution in [-0.4, -0.2) is 37.2 Å². The van der Waals surface area contributed by atoms with Gasteiger partial charge in [0.25, 0.3) is 5.56 Å². The molecule has 0 spiro atoms. The lowest BCUT2D eigenvalue weighted by Gasteiger charge is -2.13. The monoisotopic (exact) mass is 493 g/mol. The van der Waals surface area contributed by atoms with Crippen LogP contribution < -0.4 is 10.9 Å². The Morgan fingerprint density at radius 3 is 2.59 bits per heavy atom. The number of carbonyl (C=O) groups is 1. The summed E-state index contributed by atoms with van der Waals surface area (Å²) in [6.07, 6.45) is 1.99. The van der Waals surface area contributed by atoms with Crippen molar-refractivity contribution < 1.29 is 4.79 Å². The van der Waals surface area contributed by atoms with E-state index < -0.39 is 0 Å². The number of anilines is 1. The SMILES string of the molecule is CCn1nc(C)c2nc(SCC(=O)Nc3cccc(SC)c3)n(Cc3ccc(C)cc3)c(=O)c21. The third kappa shape index (κ3) is 5.20. The molecule has 2 aromatic heterocycles. The van der Waals surface area contributed by atoms with Crippen LogP contribution in [0.1, 0.15) is 23.7 Å². The Morgan fingerprint density at radius 1 is 1.12 bits per heavy atom. The van der Waals surface area contributed by atoms with Crippen LogP contribution in [0.2, 0.25) is 0 Å². The van der Waals surface area contributed by atoms with Gasteiger partial charge in [0, 0.05) is 17.1 Å². The summed E-state index contributed by atoms with van der Waals surface area (Å²) in [5.74, 6) is -0.0171. The van der Waals surface area contributed by atoms with Gasteiger partial charge in [-0.3, -0.25) is 18.8 Å². The summed E-state index contributed by atoms with van der Waals surface area (Å²) in [5.41, 5.74) is 4.53. The second-order valence-electron chi connectivity index (χ2n) is 7.94. The lowest BCUT2D eigenvalue weighted by molar-refractivity contribution is -0.113. The van der Waals surface area contributed by atoms with Crippen molar-refractivity contribution in [1.29, 1.82) is 0 Å². The van der Waals surface area contributed by atoms with E-state index in [0.717, 1.165) is 21.7 Å². The van der Waals surface area contributed by atoms with Crippen LogP contribution in [0.25, 0.3) is 11.0 Å². The fourth-order valence-corrected chi connectivity index (χ4v) is 4.92. The average molecular weight is 494 g/mol. The molecule has 176 valence electrons. The third-order valence-corrected chi connectivity index (χ3v) is 7.13. The molecule has 0 unspecified atom stereocenters. The molecule has 0 radical (unpaired) electrons. The lowest BCUT2D eigenvalue weighted by atomic mass is 10.1. The molecule has 0 atom stereocenters. The summed E-state index contributed by atoms with van der Waals surface area (Å²) in [6.45, 7) is 6.78. The number of benzene rings is 2. The maximum Gasteiger partial charge on any atom is 0.280 e.